The number of aliphatic imine (C=N–C) groups is 1. The fourth-order valence-electron chi connectivity index (χ4n) is 1.85. The van der Waals surface area contributed by atoms with E-state index in [2.05, 4.69) is 22.1 Å². The van der Waals surface area contributed by atoms with Crippen LogP contribution in [0.3, 0.4) is 0 Å². The molecular weight excluding hydrogens is 329 g/mol. The Kier molecular flexibility index (Phi) is 11.0. The highest BCUT2D eigenvalue weighted by Gasteiger charge is 2.14. The van der Waals surface area contributed by atoms with E-state index in [0.717, 1.165) is 51.8 Å². The molecule has 1 aliphatic heterocycles. The van der Waals surface area contributed by atoms with E-state index in [1.54, 1.807) is 0 Å². The lowest BCUT2D eigenvalue weighted by molar-refractivity contribution is 0.146. The van der Waals surface area contributed by atoms with Crippen LogP contribution in [0.1, 0.15) is 33.1 Å². The quantitative estimate of drug-likeness (QED) is 0.343. The van der Waals surface area contributed by atoms with E-state index in [1.165, 1.54) is 12.8 Å². The Labute approximate surface area is 122 Å². The number of rotatable bonds is 6. The predicted molar refractivity (Wildman–Crippen MR) is 83.3 cm³/mol. The van der Waals surface area contributed by atoms with Crippen LogP contribution in [0.2, 0.25) is 0 Å². The third-order valence-electron chi connectivity index (χ3n) is 2.65. The minimum absolute atomic E-state index is 0. The van der Waals surface area contributed by atoms with Crippen molar-refractivity contribution >= 4 is 29.9 Å². The van der Waals surface area contributed by atoms with Crippen LogP contribution in [0.15, 0.2) is 4.99 Å². The van der Waals surface area contributed by atoms with E-state index in [0.29, 0.717) is 0 Å². The van der Waals surface area contributed by atoms with Crippen molar-refractivity contribution in [3.8, 4) is 0 Å². The molecule has 0 amide bonds. The Morgan fingerprint density at radius 1 is 1.29 bits per heavy atom. The minimum atomic E-state index is 0. The summed E-state index contributed by atoms with van der Waals surface area (Å²) in [6.07, 6.45) is 3.60. The average Bonchev–Trinajstić information content (AvgIpc) is 2.81. The van der Waals surface area contributed by atoms with Gasteiger partial charge in [0, 0.05) is 39.4 Å². The smallest absolute Gasteiger partial charge is 0.193 e. The lowest BCUT2D eigenvalue weighted by atomic mass is 10.4. The highest BCUT2D eigenvalue weighted by Crippen LogP contribution is 2.07. The van der Waals surface area contributed by atoms with E-state index >= 15 is 0 Å². The maximum absolute atomic E-state index is 5.30. The van der Waals surface area contributed by atoms with E-state index in [-0.39, 0.29) is 24.0 Å². The van der Waals surface area contributed by atoms with E-state index < -0.39 is 0 Å². The van der Waals surface area contributed by atoms with Crippen LogP contribution in [0, 0.1) is 0 Å². The molecule has 0 aromatic rings. The Morgan fingerprint density at radius 3 is 2.59 bits per heavy atom. The largest absolute Gasteiger partial charge is 0.382 e. The van der Waals surface area contributed by atoms with Crippen molar-refractivity contribution in [1.82, 2.24) is 10.2 Å². The summed E-state index contributed by atoms with van der Waals surface area (Å²) in [6, 6.07) is 0. The first-order chi connectivity index (χ1) is 7.88. The van der Waals surface area contributed by atoms with Gasteiger partial charge in [0.05, 0.1) is 0 Å². The van der Waals surface area contributed by atoms with Gasteiger partial charge in [-0.1, -0.05) is 0 Å². The monoisotopic (exact) mass is 355 g/mol. The molecule has 1 saturated heterocycles. The summed E-state index contributed by atoms with van der Waals surface area (Å²) in [5.41, 5.74) is 0. The first-order valence-electron chi connectivity index (χ1n) is 6.49. The molecule has 0 bridgehead atoms. The van der Waals surface area contributed by atoms with Gasteiger partial charge in [-0.05, 0) is 33.1 Å². The molecule has 17 heavy (non-hydrogen) atoms. The molecule has 1 fully saturated rings. The normalized spacial score (nSPS) is 15.9. The molecule has 1 aliphatic rings. The summed E-state index contributed by atoms with van der Waals surface area (Å²) in [6.45, 7) is 9.87. The maximum atomic E-state index is 5.30. The standard InChI is InChI=1S/C12H25N3O.HI/c1-3-13-12(15-9-5-6-10-15)14-8-7-11-16-4-2;/h3-11H2,1-2H3,(H,13,14);1H. The van der Waals surface area contributed by atoms with Crippen molar-refractivity contribution in [1.29, 1.82) is 0 Å². The minimum Gasteiger partial charge on any atom is -0.382 e. The van der Waals surface area contributed by atoms with Gasteiger partial charge in [0.1, 0.15) is 0 Å². The van der Waals surface area contributed by atoms with Crippen molar-refractivity contribution in [3.05, 3.63) is 0 Å². The number of likely N-dealkylation sites (tertiary alicyclic amines) is 1. The summed E-state index contributed by atoms with van der Waals surface area (Å²) in [7, 11) is 0. The second-order valence-corrected chi connectivity index (χ2v) is 3.98. The summed E-state index contributed by atoms with van der Waals surface area (Å²) in [5.74, 6) is 1.08. The molecular formula is C12H26IN3O. The Balaban J connectivity index is 0.00000256. The topological polar surface area (TPSA) is 36.9 Å². The molecule has 1 N–H and O–H groups in total. The van der Waals surface area contributed by atoms with Gasteiger partial charge in [-0.2, -0.15) is 0 Å². The van der Waals surface area contributed by atoms with Crippen molar-refractivity contribution in [3.63, 3.8) is 0 Å². The van der Waals surface area contributed by atoms with E-state index in [4.69, 9.17) is 4.74 Å². The zero-order valence-corrected chi connectivity index (χ0v) is 13.4. The summed E-state index contributed by atoms with van der Waals surface area (Å²) >= 11 is 0. The lowest BCUT2D eigenvalue weighted by Crippen LogP contribution is -2.39. The third kappa shape index (κ3) is 7.08. The maximum Gasteiger partial charge on any atom is 0.193 e. The SMILES string of the molecule is CCNC(=NCCCOCC)N1CCCC1.I. The van der Waals surface area contributed by atoms with Crippen molar-refractivity contribution in [2.24, 2.45) is 4.99 Å². The van der Waals surface area contributed by atoms with Crippen LogP contribution >= 0.6 is 24.0 Å². The van der Waals surface area contributed by atoms with Crippen LogP contribution in [-0.4, -0.2) is 50.3 Å². The van der Waals surface area contributed by atoms with Gasteiger partial charge < -0.3 is 15.0 Å². The van der Waals surface area contributed by atoms with Gasteiger partial charge in [-0.15, -0.1) is 24.0 Å². The molecule has 0 saturated carbocycles. The van der Waals surface area contributed by atoms with Gasteiger partial charge in [-0.25, -0.2) is 0 Å². The number of hydrogen-bond acceptors (Lipinski definition) is 2. The molecule has 1 rings (SSSR count). The average molecular weight is 355 g/mol. The van der Waals surface area contributed by atoms with Gasteiger partial charge in [0.25, 0.3) is 0 Å². The second-order valence-electron chi connectivity index (χ2n) is 3.98. The van der Waals surface area contributed by atoms with Crippen LogP contribution in [-0.2, 0) is 4.74 Å². The van der Waals surface area contributed by atoms with Gasteiger partial charge in [-0.3, -0.25) is 4.99 Å². The van der Waals surface area contributed by atoms with Crippen molar-refractivity contribution in [2.75, 3.05) is 39.4 Å². The molecule has 5 heteroatoms. The van der Waals surface area contributed by atoms with Crippen LogP contribution in [0.4, 0.5) is 0 Å². The molecule has 0 aliphatic carbocycles. The molecule has 0 radical (unpaired) electrons. The summed E-state index contributed by atoms with van der Waals surface area (Å²) < 4.78 is 5.30. The first-order valence-corrected chi connectivity index (χ1v) is 6.49. The fourth-order valence-corrected chi connectivity index (χ4v) is 1.85. The predicted octanol–water partition coefficient (Wildman–Crippen LogP) is 2.09. The Hall–Kier alpha value is -0.0400. The zero-order valence-electron chi connectivity index (χ0n) is 11.1. The van der Waals surface area contributed by atoms with Crippen LogP contribution < -0.4 is 5.32 Å². The number of ether oxygens (including phenoxy) is 1. The summed E-state index contributed by atoms with van der Waals surface area (Å²) in [4.78, 5) is 6.97. The molecule has 0 atom stereocenters. The highest BCUT2D eigenvalue weighted by atomic mass is 127. The third-order valence-corrected chi connectivity index (χ3v) is 2.65. The van der Waals surface area contributed by atoms with Crippen LogP contribution in [0.5, 0.6) is 0 Å². The molecule has 102 valence electrons. The Morgan fingerprint density at radius 2 is 2.00 bits per heavy atom. The van der Waals surface area contributed by atoms with Gasteiger partial charge >= 0.3 is 0 Å². The molecule has 0 aromatic carbocycles. The van der Waals surface area contributed by atoms with E-state index in [9.17, 15) is 0 Å². The number of nitrogens with zero attached hydrogens (tertiary/aromatic N) is 2. The molecule has 0 aromatic heterocycles. The fraction of sp³-hybridized carbons (Fsp3) is 0.917. The van der Waals surface area contributed by atoms with Gasteiger partial charge in [0.2, 0.25) is 0 Å². The molecule has 4 nitrogen and oxygen atoms in total. The molecule has 0 unspecified atom stereocenters. The molecule has 0 spiro atoms. The first kappa shape index (κ1) is 17.0. The van der Waals surface area contributed by atoms with Gasteiger partial charge in [0.15, 0.2) is 5.96 Å². The van der Waals surface area contributed by atoms with Crippen LogP contribution in [0.25, 0.3) is 0 Å². The van der Waals surface area contributed by atoms with Crippen molar-refractivity contribution in [2.45, 2.75) is 33.1 Å². The number of halogens is 1. The number of nitrogens with one attached hydrogen (secondary N) is 1. The van der Waals surface area contributed by atoms with E-state index in [1.807, 2.05) is 6.92 Å². The summed E-state index contributed by atoms with van der Waals surface area (Å²) in [5, 5.41) is 3.35. The number of guanidine groups is 1. The number of hydrogen-bond donors (Lipinski definition) is 1. The lowest BCUT2D eigenvalue weighted by Gasteiger charge is -2.20. The second kappa shape index (κ2) is 11.1. The molecule has 1 heterocycles. The van der Waals surface area contributed by atoms with Crippen molar-refractivity contribution < 1.29 is 4.74 Å². The zero-order chi connectivity index (χ0) is 11.6. The highest BCUT2D eigenvalue weighted by molar-refractivity contribution is 14.0. The Bertz CT molecular complexity index is 206.